The van der Waals surface area contributed by atoms with Gasteiger partial charge in [0.25, 0.3) is 0 Å². The van der Waals surface area contributed by atoms with Gasteiger partial charge in [0, 0.05) is 18.4 Å². The summed E-state index contributed by atoms with van der Waals surface area (Å²) in [6.45, 7) is 3.76. The standard InChI is InChI=1S/C23H25ClF2N6O4/c1-23(2)35-18-15(9-16(19(18)36-23)34-6-5-33)32-21-17(30-31-32)20(28-22(24)29-21)27-14-8-11(14)10-3-4-12(25)13(26)7-10/h3-4,7,11,14-16,18-19,33H,5-6,8-9H2,1-2H3,(H,27,28,29)/t11-,14+,15+,16-,18-,19+/m0/s1. The summed E-state index contributed by atoms with van der Waals surface area (Å²) in [5, 5.41) is 21.2. The van der Waals surface area contributed by atoms with Crippen LogP contribution in [0.4, 0.5) is 14.6 Å². The minimum atomic E-state index is -0.872. The zero-order valence-electron chi connectivity index (χ0n) is 19.6. The number of fused-ring (bicyclic) bond motifs is 2. The molecule has 1 aliphatic heterocycles. The minimum Gasteiger partial charge on any atom is -0.394 e. The molecule has 0 amide bonds. The van der Waals surface area contributed by atoms with Crippen LogP contribution in [0.1, 0.15) is 44.2 Å². The first kappa shape index (κ1) is 23.9. The Morgan fingerprint density at radius 3 is 2.78 bits per heavy atom. The number of anilines is 1. The van der Waals surface area contributed by atoms with Gasteiger partial charge in [-0.1, -0.05) is 11.3 Å². The molecule has 0 spiro atoms. The predicted molar refractivity (Wildman–Crippen MR) is 124 cm³/mol. The van der Waals surface area contributed by atoms with Crippen molar-refractivity contribution in [2.45, 2.75) is 68.8 Å². The number of nitrogens with one attached hydrogen (secondary N) is 1. The molecule has 0 unspecified atom stereocenters. The molecule has 2 aliphatic carbocycles. The van der Waals surface area contributed by atoms with E-state index in [1.54, 1.807) is 10.7 Å². The molecule has 1 aromatic carbocycles. The van der Waals surface area contributed by atoms with Gasteiger partial charge in [-0.3, -0.25) is 0 Å². The van der Waals surface area contributed by atoms with E-state index in [9.17, 15) is 13.9 Å². The van der Waals surface area contributed by atoms with Gasteiger partial charge in [0.15, 0.2) is 34.4 Å². The fourth-order valence-electron chi connectivity index (χ4n) is 5.28. The normalized spacial score (nSPS) is 30.6. The first-order valence-corrected chi connectivity index (χ1v) is 12.2. The van der Waals surface area contributed by atoms with Crippen LogP contribution in [0.2, 0.25) is 5.28 Å². The van der Waals surface area contributed by atoms with Crippen molar-refractivity contribution in [2.24, 2.45) is 0 Å². The number of aromatic nitrogens is 5. The third-order valence-corrected chi connectivity index (χ3v) is 7.07. The number of ether oxygens (including phenoxy) is 3. The topological polar surface area (TPSA) is 116 Å². The molecule has 192 valence electrons. The lowest BCUT2D eigenvalue weighted by Gasteiger charge is -2.23. The highest BCUT2D eigenvalue weighted by atomic mass is 35.5. The summed E-state index contributed by atoms with van der Waals surface area (Å²) >= 11 is 6.28. The van der Waals surface area contributed by atoms with E-state index in [4.69, 9.17) is 25.8 Å². The number of hydrogen-bond donors (Lipinski definition) is 2. The van der Waals surface area contributed by atoms with Gasteiger partial charge in [0.1, 0.15) is 12.2 Å². The smallest absolute Gasteiger partial charge is 0.226 e. The second kappa shape index (κ2) is 8.80. The fourth-order valence-corrected chi connectivity index (χ4v) is 5.45. The third-order valence-electron chi connectivity index (χ3n) is 6.90. The zero-order valence-corrected chi connectivity index (χ0v) is 20.3. The quantitative estimate of drug-likeness (QED) is 0.452. The van der Waals surface area contributed by atoms with Gasteiger partial charge in [-0.2, -0.15) is 9.97 Å². The van der Waals surface area contributed by atoms with Gasteiger partial charge in [-0.15, -0.1) is 5.10 Å². The summed E-state index contributed by atoms with van der Waals surface area (Å²) < 4.78 is 46.8. The highest BCUT2D eigenvalue weighted by Crippen LogP contribution is 2.46. The van der Waals surface area contributed by atoms with Crippen LogP contribution in [-0.4, -0.2) is 73.4 Å². The molecular formula is C23H25ClF2N6O4. The van der Waals surface area contributed by atoms with Crippen molar-refractivity contribution in [3.05, 3.63) is 40.7 Å². The monoisotopic (exact) mass is 522 g/mol. The molecule has 2 aromatic heterocycles. The van der Waals surface area contributed by atoms with Crippen LogP contribution in [-0.2, 0) is 14.2 Å². The molecule has 3 fully saturated rings. The van der Waals surface area contributed by atoms with E-state index in [1.807, 2.05) is 13.8 Å². The van der Waals surface area contributed by atoms with E-state index in [-0.39, 0.29) is 54.8 Å². The summed E-state index contributed by atoms with van der Waals surface area (Å²) in [5.41, 5.74) is 1.57. The summed E-state index contributed by atoms with van der Waals surface area (Å²) in [4.78, 5) is 8.70. The average Bonchev–Trinajstić information content (AvgIpc) is 3.16. The Hall–Kier alpha value is -2.51. The predicted octanol–water partition coefficient (Wildman–Crippen LogP) is 2.96. The Morgan fingerprint density at radius 2 is 2.00 bits per heavy atom. The lowest BCUT2D eigenvalue weighted by Crippen LogP contribution is -2.31. The Kier molecular flexibility index (Phi) is 5.84. The largest absolute Gasteiger partial charge is 0.394 e. The van der Waals surface area contributed by atoms with Gasteiger partial charge >= 0.3 is 0 Å². The molecule has 3 aliphatic rings. The summed E-state index contributed by atoms with van der Waals surface area (Å²) in [7, 11) is 0. The van der Waals surface area contributed by atoms with Crippen molar-refractivity contribution in [1.82, 2.24) is 25.0 Å². The molecule has 6 rings (SSSR count). The van der Waals surface area contributed by atoms with Crippen molar-refractivity contribution in [1.29, 1.82) is 0 Å². The summed E-state index contributed by atoms with van der Waals surface area (Å²) in [6.07, 6.45) is 0.244. The van der Waals surface area contributed by atoms with Crippen molar-refractivity contribution in [3.8, 4) is 0 Å². The van der Waals surface area contributed by atoms with Crippen molar-refractivity contribution in [2.75, 3.05) is 18.5 Å². The summed E-state index contributed by atoms with van der Waals surface area (Å²) in [5.74, 6) is -2.12. The first-order chi connectivity index (χ1) is 17.2. The molecule has 1 saturated heterocycles. The Labute approximate surface area is 209 Å². The van der Waals surface area contributed by atoms with Crippen molar-refractivity contribution in [3.63, 3.8) is 0 Å². The zero-order chi connectivity index (χ0) is 25.2. The van der Waals surface area contributed by atoms with E-state index >= 15 is 0 Å². The second-order valence-electron chi connectivity index (χ2n) is 9.81. The van der Waals surface area contributed by atoms with Gasteiger partial charge < -0.3 is 24.6 Å². The number of aliphatic hydroxyl groups excluding tert-OH is 1. The van der Waals surface area contributed by atoms with E-state index in [1.165, 1.54) is 6.07 Å². The second-order valence-corrected chi connectivity index (χ2v) is 10.2. The lowest BCUT2D eigenvalue weighted by atomic mass is 10.1. The number of hydrogen-bond acceptors (Lipinski definition) is 9. The van der Waals surface area contributed by atoms with Crippen LogP contribution < -0.4 is 5.32 Å². The molecule has 10 nitrogen and oxygen atoms in total. The van der Waals surface area contributed by atoms with Crippen LogP contribution in [0, 0.1) is 11.6 Å². The van der Waals surface area contributed by atoms with E-state index in [2.05, 4.69) is 25.6 Å². The first-order valence-electron chi connectivity index (χ1n) is 11.8. The SMILES string of the molecule is CC1(C)O[C@@H]2[C@H](O1)[C@@H](OCCO)C[C@H]2n1nnc2c(N[C@@H]3C[C@H]3c3ccc(F)c(F)c3)nc(Cl)nc21. The number of rotatable bonds is 7. The van der Waals surface area contributed by atoms with Gasteiger partial charge in [0.05, 0.1) is 25.4 Å². The molecule has 3 heterocycles. The number of halogens is 3. The molecular weight excluding hydrogens is 498 g/mol. The maximum Gasteiger partial charge on any atom is 0.226 e. The molecule has 36 heavy (non-hydrogen) atoms. The van der Waals surface area contributed by atoms with E-state index in [0.717, 1.165) is 12.5 Å². The number of benzene rings is 1. The Balaban J connectivity index is 1.27. The van der Waals surface area contributed by atoms with E-state index in [0.29, 0.717) is 29.0 Å². The molecule has 6 atom stereocenters. The highest BCUT2D eigenvalue weighted by molar-refractivity contribution is 6.28. The molecule has 0 bridgehead atoms. The maximum atomic E-state index is 13.7. The van der Waals surface area contributed by atoms with Gasteiger partial charge in [0.2, 0.25) is 5.28 Å². The third kappa shape index (κ3) is 4.20. The van der Waals surface area contributed by atoms with Crippen molar-refractivity contribution < 1.29 is 28.1 Å². The summed E-state index contributed by atoms with van der Waals surface area (Å²) in [6, 6.07) is 3.60. The van der Waals surface area contributed by atoms with Crippen LogP contribution >= 0.6 is 11.6 Å². The molecule has 13 heteroatoms. The molecule has 2 saturated carbocycles. The van der Waals surface area contributed by atoms with Gasteiger partial charge in [-0.25, -0.2) is 13.5 Å². The maximum absolute atomic E-state index is 13.7. The van der Waals surface area contributed by atoms with Crippen LogP contribution in [0.25, 0.3) is 11.2 Å². The average molecular weight is 523 g/mol. The van der Waals surface area contributed by atoms with Crippen molar-refractivity contribution >= 4 is 28.6 Å². The van der Waals surface area contributed by atoms with E-state index < -0.39 is 17.4 Å². The van der Waals surface area contributed by atoms with Crippen LogP contribution in [0.15, 0.2) is 18.2 Å². The molecule has 2 N–H and O–H groups in total. The Bertz CT molecular complexity index is 1310. The number of nitrogens with zero attached hydrogens (tertiary/aromatic N) is 5. The lowest BCUT2D eigenvalue weighted by molar-refractivity contribution is -0.171. The van der Waals surface area contributed by atoms with Crippen LogP contribution in [0.5, 0.6) is 0 Å². The van der Waals surface area contributed by atoms with Crippen LogP contribution in [0.3, 0.4) is 0 Å². The number of aliphatic hydroxyl groups is 1. The molecule has 0 radical (unpaired) electrons. The van der Waals surface area contributed by atoms with Gasteiger partial charge in [-0.05, 0) is 49.6 Å². The molecule has 3 aromatic rings. The Morgan fingerprint density at radius 1 is 1.19 bits per heavy atom. The minimum absolute atomic E-state index is 0.00484. The fraction of sp³-hybridized carbons (Fsp3) is 0.565. The highest BCUT2D eigenvalue weighted by Gasteiger charge is 2.56.